The summed E-state index contributed by atoms with van der Waals surface area (Å²) in [5.74, 6) is -19.6. The molecule has 1 heterocycles. The first-order chi connectivity index (χ1) is 29.4. The van der Waals surface area contributed by atoms with Gasteiger partial charge in [0.15, 0.2) is 0 Å². The first-order valence-corrected chi connectivity index (χ1v) is 19.4. The molecule has 19 heteroatoms. The number of anilines is 2. The van der Waals surface area contributed by atoms with Gasteiger partial charge in [0, 0.05) is 46.7 Å². The number of piperidine rings is 1. The molecule has 0 radical (unpaired) electrons. The van der Waals surface area contributed by atoms with Gasteiger partial charge >= 0.3 is 17.8 Å². The van der Waals surface area contributed by atoms with E-state index < -0.39 is 117 Å². The lowest BCUT2D eigenvalue weighted by atomic mass is 9.91. The maximum Gasteiger partial charge on any atom is 0.352 e. The molecular weight excluding hydrogens is 845 g/mol. The maximum atomic E-state index is 16.2. The molecule has 5 rings (SSSR count). The molecule has 4 amide bonds. The minimum Gasteiger partial charge on any atom is -0.481 e. The van der Waals surface area contributed by atoms with Crippen LogP contribution in [0.1, 0.15) is 86.9 Å². The van der Waals surface area contributed by atoms with Crippen molar-refractivity contribution in [2.75, 3.05) is 30.3 Å². The van der Waals surface area contributed by atoms with Crippen LogP contribution in [0.2, 0.25) is 0 Å². The van der Waals surface area contributed by atoms with Gasteiger partial charge in [0.1, 0.15) is 23.6 Å². The lowest BCUT2D eigenvalue weighted by Gasteiger charge is -2.32. The Labute approximate surface area is 356 Å². The lowest BCUT2D eigenvalue weighted by molar-refractivity contribution is -0.162. The summed E-state index contributed by atoms with van der Waals surface area (Å²) in [5, 5.41) is 36.1. The van der Waals surface area contributed by atoms with E-state index in [9.17, 15) is 48.1 Å². The van der Waals surface area contributed by atoms with Crippen LogP contribution >= 0.6 is 0 Å². The maximum absolute atomic E-state index is 16.2. The third kappa shape index (κ3) is 10.7. The molecule has 1 atom stereocenters. The van der Waals surface area contributed by atoms with Crippen molar-refractivity contribution in [2.24, 2.45) is 5.92 Å². The molecule has 63 heavy (non-hydrogen) atoms. The minimum atomic E-state index is -4.48. The molecule has 0 bridgehead atoms. The van der Waals surface area contributed by atoms with E-state index in [1.54, 1.807) is 0 Å². The summed E-state index contributed by atoms with van der Waals surface area (Å²) in [7, 11) is 0. The van der Waals surface area contributed by atoms with Gasteiger partial charge < -0.3 is 36.2 Å². The number of likely N-dealkylation sites (tertiary alicyclic amines) is 1. The lowest BCUT2D eigenvalue weighted by Crippen LogP contribution is -2.51. The number of hydrogen-bond donors (Lipinski definition) is 6. The summed E-state index contributed by atoms with van der Waals surface area (Å²) in [6.07, 6.45) is -2.58. The first kappa shape index (κ1) is 47.7. The predicted molar refractivity (Wildman–Crippen MR) is 214 cm³/mol. The number of carboxylic acids is 1. The number of carbonyl (C=O) groups is 5. The van der Waals surface area contributed by atoms with Crippen LogP contribution in [0.4, 0.5) is 42.1 Å². The number of aliphatic hydroxyl groups excluding tert-OH is 2. The number of hydrogen-bond acceptors (Lipinski definition) is 7. The molecule has 0 saturated carbocycles. The molecule has 0 unspecified atom stereocenters. The Bertz CT molecular complexity index is 2460. The van der Waals surface area contributed by atoms with Gasteiger partial charge in [-0.1, -0.05) is 6.07 Å². The molecule has 4 aromatic carbocycles. The van der Waals surface area contributed by atoms with Gasteiger partial charge in [-0.25, -0.2) is 13.2 Å². The van der Waals surface area contributed by atoms with E-state index in [1.165, 1.54) is 39.8 Å². The van der Waals surface area contributed by atoms with Crippen LogP contribution in [-0.2, 0) is 32.6 Å². The monoisotopic (exact) mass is 888 g/mol. The smallest absolute Gasteiger partial charge is 0.352 e. The molecule has 1 fully saturated rings. The van der Waals surface area contributed by atoms with Crippen molar-refractivity contribution in [1.29, 1.82) is 0 Å². The van der Waals surface area contributed by atoms with Crippen molar-refractivity contribution in [2.45, 2.75) is 70.4 Å². The summed E-state index contributed by atoms with van der Waals surface area (Å²) >= 11 is 0. The fourth-order valence-electron chi connectivity index (χ4n) is 7.11. The molecule has 6 N–H and O–H groups in total. The van der Waals surface area contributed by atoms with Crippen molar-refractivity contribution in [3.63, 3.8) is 0 Å². The van der Waals surface area contributed by atoms with Crippen molar-refractivity contribution in [3.05, 3.63) is 129 Å². The van der Waals surface area contributed by atoms with Crippen LogP contribution in [-0.4, -0.2) is 75.1 Å². The zero-order valence-corrected chi connectivity index (χ0v) is 34.2. The summed E-state index contributed by atoms with van der Waals surface area (Å²) in [4.78, 5) is 64.5. The third-order valence-corrected chi connectivity index (χ3v) is 10.5. The average Bonchev–Trinajstić information content (AvgIpc) is 3.22. The second kappa shape index (κ2) is 18.6. The minimum absolute atomic E-state index is 0.0765. The Kier molecular flexibility index (Phi) is 14.1. The van der Waals surface area contributed by atoms with Crippen LogP contribution in [0, 0.1) is 37.2 Å². The zero-order chi connectivity index (χ0) is 46.8. The van der Waals surface area contributed by atoms with Crippen LogP contribution in [0.15, 0.2) is 66.7 Å². The van der Waals surface area contributed by atoms with E-state index in [4.69, 9.17) is 0 Å². The molecule has 1 aliphatic rings. The first-order valence-electron chi connectivity index (χ1n) is 19.4. The number of alkyl halides is 4. The molecule has 4 aromatic rings. The van der Waals surface area contributed by atoms with E-state index in [0.29, 0.717) is 18.2 Å². The summed E-state index contributed by atoms with van der Waals surface area (Å²) in [5.41, 5.74) is -5.85. The number of amides is 4. The SMILES string of the molecule is Cc1cc(NC(=O)c2ccc([C@@H](O)CO)c(C(F)(F)C(=O)NC(C)(C)Cc3cc(NC(=O)c4ccc(F)c(C(F)(F)C(=O)N5CCC(C(=O)O)CC5)c4)cc(C)c3F)c2)ccc1F. The Hall–Kier alpha value is -6.34. The van der Waals surface area contributed by atoms with Gasteiger partial charge in [-0.2, -0.15) is 17.6 Å². The number of aliphatic hydroxyl groups is 2. The molecule has 12 nitrogen and oxygen atoms in total. The van der Waals surface area contributed by atoms with Gasteiger partial charge in [0.2, 0.25) is 0 Å². The molecular formula is C44H43F7N4O8. The van der Waals surface area contributed by atoms with Crippen molar-refractivity contribution < 1.29 is 70.0 Å². The van der Waals surface area contributed by atoms with Gasteiger partial charge in [-0.3, -0.25) is 24.0 Å². The molecule has 0 aliphatic carbocycles. The highest BCUT2D eigenvalue weighted by molar-refractivity contribution is 6.05. The number of halogens is 7. The van der Waals surface area contributed by atoms with Crippen molar-refractivity contribution in [1.82, 2.24) is 10.2 Å². The van der Waals surface area contributed by atoms with Gasteiger partial charge in [0.25, 0.3) is 23.6 Å². The Morgan fingerprint density at radius 3 is 1.89 bits per heavy atom. The third-order valence-electron chi connectivity index (χ3n) is 10.5. The molecule has 336 valence electrons. The van der Waals surface area contributed by atoms with Crippen LogP contribution in [0.25, 0.3) is 0 Å². The largest absolute Gasteiger partial charge is 0.481 e. The fourth-order valence-corrected chi connectivity index (χ4v) is 7.11. The van der Waals surface area contributed by atoms with E-state index in [-0.39, 0.29) is 54.0 Å². The van der Waals surface area contributed by atoms with Crippen molar-refractivity contribution in [3.8, 4) is 0 Å². The van der Waals surface area contributed by atoms with Gasteiger partial charge in [-0.05, 0) is 130 Å². The van der Waals surface area contributed by atoms with Gasteiger partial charge in [0.05, 0.1) is 18.1 Å². The highest BCUT2D eigenvalue weighted by atomic mass is 19.3. The average molecular weight is 889 g/mol. The summed E-state index contributed by atoms with van der Waals surface area (Å²) in [6.45, 7) is 3.62. The standard InChI is InChI=1S/C44H43F7N4O8/c1-22-15-28(7-10-33(22)45)52-37(58)25-5-8-30(35(57)21-56)31(18-25)43(48,49)40(62)54-42(3,4)20-27-17-29(16-23(2)36(27)47)53-38(59)26-6-9-34(46)32(19-26)44(50,51)41(63)55-13-11-24(12-14-55)39(60)61/h5-10,15-19,24,35,56-57H,11-14,20-21H2,1-4H3,(H,52,58)(H,53,59)(H,54,62)(H,60,61)/t35-/m0/s1. The summed E-state index contributed by atoms with van der Waals surface area (Å²) < 4.78 is 107. The second-order valence-corrected chi connectivity index (χ2v) is 15.9. The predicted octanol–water partition coefficient (Wildman–Crippen LogP) is 6.90. The Morgan fingerprint density at radius 1 is 0.746 bits per heavy atom. The Balaban J connectivity index is 1.34. The second-order valence-electron chi connectivity index (χ2n) is 15.9. The van der Waals surface area contributed by atoms with Crippen molar-refractivity contribution >= 4 is 41.0 Å². The fraction of sp³-hybridized carbons (Fsp3) is 0.341. The molecule has 1 saturated heterocycles. The van der Waals surface area contributed by atoms with E-state index in [1.807, 2.05) is 0 Å². The molecule has 0 spiro atoms. The Morgan fingerprint density at radius 2 is 1.30 bits per heavy atom. The number of nitrogens with zero attached hydrogens (tertiary/aromatic N) is 1. The number of aryl methyl sites for hydroxylation is 2. The normalized spacial score (nSPS) is 14.2. The number of nitrogens with one attached hydrogen (secondary N) is 3. The number of rotatable bonds is 14. The summed E-state index contributed by atoms with van der Waals surface area (Å²) in [6, 6.07) is 10.4. The van der Waals surface area contributed by atoms with E-state index >= 15 is 22.0 Å². The van der Waals surface area contributed by atoms with E-state index in [0.717, 1.165) is 41.3 Å². The topological polar surface area (TPSA) is 185 Å². The quantitative estimate of drug-likeness (QED) is 0.0739. The number of benzene rings is 4. The number of aliphatic carboxylic acids is 1. The molecule has 1 aliphatic heterocycles. The zero-order valence-electron chi connectivity index (χ0n) is 34.2. The molecule has 0 aromatic heterocycles. The van der Waals surface area contributed by atoms with Crippen LogP contribution in [0.3, 0.4) is 0 Å². The highest BCUT2D eigenvalue weighted by Gasteiger charge is 2.48. The van der Waals surface area contributed by atoms with E-state index in [2.05, 4.69) is 16.0 Å². The number of carbonyl (C=O) groups excluding carboxylic acids is 4. The van der Waals surface area contributed by atoms with Crippen LogP contribution in [0.5, 0.6) is 0 Å². The van der Waals surface area contributed by atoms with Gasteiger partial charge in [-0.15, -0.1) is 0 Å². The number of carboxylic acid groups (broad SMARTS) is 1. The highest BCUT2D eigenvalue weighted by Crippen LogP contribution is 2.37. The van der Waals surface area contributed by atoms with Crippen LogP contribution < -0.4 is 16.0 Å².